The van der Waals surface area contributed by atoms with Crippen molar-refractivity contribution in [1.29, 1.82) is 0 Å². The molecule has 28 heavy (non-hydrogen) atoms. The van der Waals surface area contributed by atoms with Gasteiger partial charge in [0.15, 0.2) is 10.8 Å². The minimum Gasteiger partial charge on any atom is -0.462 e. The second-order valence-electron chi connectivity index (χ2n) is 5.93. The number of fused-ring (bicyclic) bond motifs is 2. The Morgan fingerprint density at radius 2 is 1.32 bits per heavy atom. The molecule has 0 aliphatic carbocycles. The highest BCUT2D eigenvalue weighted by Crippen LogP contribution is 2.32. The van der Waals surface area contributed by atoms with E-state index in [9.17, 15) is 0 Å². The first-order valence-corrected chi connectivity index (χ1v) is 11.2. The van der Waals surface area contributed by atoms with E-state index in [4.69, 9.17) is 4.42 Å². The lowest BCUT2D eigenvalue weighted by atomic mass is 10.3. The molecule has 0 spiro atoms. The summed E-state index contributed by atoms with van der Waals surface area (Å²) >= 11 is 5.14. The predicted molar refractivity (Wildman–Crippen MR) is 120 cm³/mol. The van der Waals surface area contributed by atoms with Gasteiger partial charge < -0.3 is 4.42 Å². The molecule has 0 saturated heterocycles. The summed E-state index contributed by atoms with van der Waals surface area (Å²) in [4.78, 5) is 10.3. The number of thiophene rings is 1. The Bertz CT molecular complexity index is 1140. The number of hydrogen-bond acceptors (Lipinski definition) is 6. The van der Waals surface area contributed by atoms with Crippen molar-refractivity contribution in [3.63, 3.8) is 0 Å². The zero-order valence-electron chi connectivity index (χ0n) is 14.6. The Labute approximate surface area is 173 Å². The van der Waals surface area contributed by atoms with Gasteiger partial charge in [-0.05, 0) is 47.8 Å². The Morgan fingerprint density at radius 3 is 1.93 bits per heavy atom. The number of nitrogens with zero attached hydrogens (tertiary/aromatic N) is 2. The van der Waals surface area contributed by atoms with E-state index in [0.717, 1.165) is 26.8 Å². The number of thiazole rings is 2. The lowest BCUT2D eigenvalue weighted by Gasteiger charge is -1.84. The second kappa shape index (κ2) is 7.67. The van der Waals surface area contributed by atoms with Crippen LogP contribution >= 0.6 is 34.0 Å². The summed E-state index contributed by atoms with van der Waals surface area (Å²) < 4.78 is 7.75. The molecule has 0 aliphatic heterocycles. The zero-order chi connectivity index (χ0) is 18.8. The van der Waals surface area contributed by atoms with E-state index in [1.54, 1.807) is 40.3 Å². The Balaban J connectivity index is 0.000000122. The van der Waals surface area contributed by atoms with Crippen LogP contribution in [0.15, 0.2) is 88.9 Å². The summed E-state index contributed by atoms with van der Waals surface area (Å²) in [6, 6.07) is 24.3. The number of aromatic nitrogens is 2. The minimum absolute atomic E-state index is 0.839. The van der Waals surface area contributed by atoms with Crippen LogP contribution in [0.25, 0.3) is 41.1 Å². The van der Waals surface area contributed by atoms with Gasteiger partial charge in [-0.25, -0.2) is 9.97 Å². The highest BCUT2D eigenvalue weighted by molar-refractivity contribution is 7.25. The first-order valence-electron chi connectivity index (χ1n) is 8.66. The molecular formula is C22H14N2OS3. The van der Waals surface area contributed by atoms with E-state index in [-0.39, 0.29) is 0 Å². The fourth-order valence-electron chi connectivity index (χ4n) is 2.76. The van der Waals surface area contributed by atoms with Crippen LogP contribution in [0.2, 0.25) is 0 Å². The monoisotopic (exact) mass is 418 g/mol. The van der Waals surface area contributed by atoms with Gasteiger partial charge in [-0.3, -0.25) is 0 Å². The van der Waals surface area contributed by atoms with Gasteiger partial charge >= 0.3 is 0 Å². The number of rotatable bonds is 2. The lowest BCUT2D eigenvalue weighted by molar-refractivity contribution is 0.582. The molecule has 0 amide bonds. The van der Waals surface area contributed by atoms with Crippen LogP contribution in [-0.2, 0) is 0 Å². The number of furan rings is 1. The normalized spacial score (nSPS) is 10.9. The van der Waals surface area contributed by atoms with Crippen molar-refractivity contribution in [1.82, 2.24) is 9.97 Å². The van der Waals surface area contributed by atoms with Crippen LogP contribution in [0.1, 0.15) is 0 Å². The quantitative estimate of drug-likeness (QED) is 0.291. The summed E-state index contributed by atoms with van der Waals surface area (Å²) in [6.45, 7) is 0. The first-order chi connectivity index (χ1) is 13.9. The molecule has 4 aromatic heterocycles. The van der Waals surface area contributed by atoms with Crippen LogP contribution in [0, 0.1) is 0 Å². The van der Waals surface area contributed by atoms with E-state index >= 15 is 0 Å². The Hall–Kier alpha value is -2.80. The molecule has 0 unspecified atom stereocenters. The SMILES string of the molecule is c1coc(-c2nc3ccccc3s2)c1.c1csc(-c2nc3ccccc3s2)c1. The third-order valence-corrected chi connectivity index (χ3v) is 7.18. The summed E-state index contributed by atoms with van der Waals surface area (Å²) in [5, 5.41) is 4.15. The predicted octanol–water partition coefficient (Wildman–Crippen LogP) is 7.58. The van der Waals surface area contributed by atoms with Crippen LogP contribution < -0.4 is 0 Å². The van der Waals surface area contributed by atoms with Crippen molar-refractivity contribution < 1.29 is 4.42 Å². The fourth-order valence-corrected chi connectivity index (χ4v) is 5.45. The first kappa shape index (κ1) is 17.3. The zero-order valence-corrected chi connectivity index (χ0v) is 17.1. The molecule has 136 valence electrons. The summed E-state index contributed by atoms with van der Waals surface area (Å²) in [5.41, 5.74) is 2.13. The maximum atomic E-state index is 5.30. The molecule has 0 radical (unpaired) electrons. The van der Waals surface area contributed by atoms with E-state index in [2.05, 4.69) is 51.7 Å². The summed E-state index contributed by atoms with van der Waals surface area (Å²) in [7, 11) is 0. The van der Waals surface area contributed by atoms with Gasteiger partial charge in [0.2, 0.25) is 0 Å². The molecule has 0 bridgehead atoms. The summed E-state index contributed by atoms with van der Waals surface area (Å²) in [6.07, 6.45) is 1.67. The number of hydrogen-bond donors (Lipinski definition) is 0. The Kier molecular flexibility index (Phi) is 4.74. The van der Waals surface area contributed by atoms with Gasteiger partial charge in [0.1, 0.15) is 5.01 Å². The van der Waals surface area contributed by atoms with E-state index in [1.165, 1.54) is 14.3 Å². The molecule has 0 saturated carbocycles. The average Bonchev–Trinajstić information content (AvgIpc) is 3.54. The van der Waals surface area contributed by atoms with Crippen LogP contribution in [-0.4, -0.2) is 9.97 Å². The molecule has 2 aromatic carbocycles. The molecule has 0 aliphatic rings. The third kappa shape index (κ3) is 3.49. The third-order valence-electron chi connectivity index (χ3n) is 4.05. The van der Waals surface area contributed by atoms with Crippen molar-refractivity contribution in [2.24, 2.45) is 0 Å². The number of benzene rings is 2. The van der Waals surface area contributed by atoms with Gasteiger partial charge in [0.25, 0.3) is 0 Å². The van der Waals surface area contributed by atoms with E-state index < -0.39 is 0 Å². The van der Waals surface area contributed by atoms with Gasteiger partial charge in [-0.15, -0.1) is 34.0 Å². The molecule has 6 aromatic rings. The number of para-hydroxylation sites is 2. The van der Waals surface area contributed by atoms with E-state index in [1.807, 2.05) is 36.4 Å². The van der Waals surface area contributed by atoms with Gasteiger partial charge in [0.05, 0.1) is 31.6 Å². The van der Waals surface area contributed by atoms with Gasteiger partial charge in [0, 0.05) is 0 Å². The minimum atomic E-state index is 0.839. The average molecular weight is 419 g/mol. The highest BCUT2D eigenvalue weighted by atomic mass is 32.1. The molecule has 0 fully saturated rings. The second-order valence-corrected chi connectivity index (χ2v) is 8.94. The maximum absolute atomic E-state index is 5.30. The largest absolute Gasteiger partial charge is 0.462 e. The van der Waals surface area contributed by atoms with Crippen molar-refractivity contribution in [2.75, 3.05) is 0 Å². The van der Waals surface area contributed by atoms with Crippen LogP contribution in [0.4, 0.5) is 0 Å². The van der Waals surface area contributed by atoms with E-state index in [0.29, 0.717) is 0 Å². The molecule has 0 N–H and O–H groups in total. The molecule has 3 nitrogen and oxygen atoms in total. The molecule has 0 atom stereocenters. The van der Waals surface area contributed by atoms with Crippen molar-refractivity contribution in [3.05, 3.63) is 84.4 Å². The van der Waals surface area contributed by atoms with Crippen LogP contribution in [0.5, 0.6) is 0 Å². The fraction of sp³-hybridized carbons (Fsp3) is 0. The summed E-state index contributed by atoms with van der Waals surface area (Å²) in [5.74, 6) is 0.839. The van der Waals surface area contributed by atoms with Crippen LogP contribution in [0.3, 0.4) is 0 Å². The van der Waals surface area contributed by atoms with Crippen molar-refractivity contribution in [3.8, 4) is 20.7 Å². The highest BCUT2D eigenvalue weighted by Gasteiger charge is 2.07. The molecule has 6 heteroatoms. The maximum Gasteiger partial charge on any atom is 0.162 e. The van der Waals surface area contributed by atoms with Crippen molar-refractivity contribution in [2.45, 2.75) is 0 Å². The topological polar surface area (TPSA) is 38.9 Å². The smallest absolute Gasteiger partial charge is 0.162 e. The Morgan fingerprint density at radius 1 is 0.643 bits per heavy atom. The van der Waals surface area contributed by atoms with Gasteiger partial charge in [-0.1, -0.05) is 30.3 Å². The molecular weight excluding hydrogens is 404 g/mol. The standard InChI is InChI=1S/C11H7NOS.C11H7NS2/c1-2-6-10-8(4-1)12-11(14-10)9-5-3-7-13-9;1-2-5-9-8(4-1)12-11(14-9)10-6-3-7-13-10/h2*1-7H. The molecule has 6 rings (SSSR count). The lowest BCUT2D eigenvalue weighted by Crippen LogP contribution is -1.69. The molecule has 4 heterocycles. The van der Waals surface area contributed by atoms with Gasteiger partial charge in [-0.2, -0.15) is 0 Å². The van der Waals surface area contributed by atoms with Crippen molar-refractivity contribution >= 4 is 54.4 Å².